The molecule has 3 aliphatic heterocycles. The van der Waals surface area contributed by atoms with E-state index in [0.29, 0.717) is 15.8 Å². The maximum Gasteiger partial charge on any atom is 0.245 e. The zero-order chi connectivity index (χ0) is 28.4. The minimum Gasteiger partial charge on any atom is -0.454 e. The van der Waals surface area contributed by atoms with Gasteiger partial charge in [0, 0.05) is 36.8 Å². The molecular weight excluding hydrogens is 370 g/mol. The number of fused-ring (bicyclic) bond motifs is 5. The molecule has 1 unspecified atom stereocenters. The lowest BCUT2D eigenvalue weighted by molar-refractivity contribution is -0.157. The molecule has 0 spiro atoms. The minimum absolute atomic E-state index is 0.0317. The molecule has 1 aromatic heterocycles. The first-order valence-corrected chi connectivity index (χ1v) is 8.81. The van der Waals surface area contributed by atoms with Crippen LogP contribution in [0.15, 0.2) is 42.4 Å². The Labute approximate surface area is 180 Å². The number of carbonyl (C=O) groups excluding carboxylic acids is 2. The van der Waals surface area contributed by atoms with Gasteiger partial charge in [0.1, 0.15) is 8.78 Å². The SMILES string of the molecule is [2H]c1c([2H])c(C2c3[nH]c4ccccc4c3C([2H])([2H])[C@@H]3C(=O)N(C([2H])([2H])[2H])CC(=O)N23)c([2H])c2c1OC([2H])([2H])O2. The summed E-state index contributed by atoms with van der Waals surface area (Å²) in [5.74, 6) is -3.10. The van der Waals surface area contributed by atoms with Crippen LogP contribution in [0.25, 0.3) is 10.9 Å². The van der Waals surface area contributed by atoms with E-state index in [2.05, 4.69) is 4.98 Å². The number of amides is 2. The summed E-state index contributed by atoms with van der Waals surface area (Å²) in [6.45, 7) is -6.67. The highest BCUT2D eigenvalue weighted by molar-refractivity contribution is 5.97. The van der Waals surface area contributed by atoms with E-state index in [0.717, 1.165) is 4.90 Å². The van der Waals surface area contributed by atoms with Crippen LogP contribution in [-0.4, -0.2) is 52.9 Å². The van der Waals surface area contributed by atoms with Gasteiger partial charge in [-0.1, -0.05) is 24.2 Å². The molecule has 4 heterocycles. The molecule has 1 saturated heterocycles. The molecule has 3 aromatic rings. The van der Waals surface area contributed by atoms with Crippen molar-refractivity contribution in [3.05, 3.63) is 59.2 Å². The summed E-state index contributed by atoms with van der Waals surface area (Å²) in [7, 11) is 0. The second-order valence-electron chi connectivity index (χ2n) is 6.87. The lowest BCUT2D eigenvalue weighted by atomic mass is 9.86. The number of aromatic amines is 1. The van der Waals surface area contributed by atoms with E-state index in [1.54, 1.807) is 24.3 Å². The fourth-order valence-corrected chi connectivity index (χ4v) is 3.99. The van der Waals surface area contributed by atoms with Crippen molar-refractivity contribution in [2.45, 2.75) is 18.5 Å². The highest BCUT2D eigenvalue weighted by Gasteiger charge is 2.47. The van der Waals surface area contributed by atoms with E-state index < -0.39 is 80.2 Å². The topological polar surface area (TPSA) is 74.9 Å². The normalized spacial score (nSPS) is 31.7. The third-order valence-corrected chi connectivity index (χ3v) is 5.25. The highest BCUT2D eigenvalue weighted by atomic mass is 16.7. The number of hydrogen-bond donors (Lipinski definition) is 1. The van der Waals surface area contributed by atoms with Gasteiger partial charge in [0.15, 0.2) is 11.5 Å². The van der Waals surface area contributed by atoms with Crippen LogP contribution >= 0.6 is 0 Å². The molecular formula is C22H19N3O4. The van der Waals surface area contributed by atoms with Crippen molar-refractivity contribution in [1.29, 1.82) is 0 Å². The summed E-state index contributed by atoms with van der Waals surface area (Å²) < 4.78 is 92.8. The van der Waals surface area contributed by atoms with E-state index in [9.17, 15) is 9.59 Å². The van der Waals surface area contributed by atoms with Crippen molar-refractivity contribution >= 4 is 22.7 Å². The third-order valence-electron chi connectivity index (χ3n) is 5.25. The van der Waals surface area contributed by atoms with Crippen LogP contribution in [0.3, 0.4) is 0 Å². The largest absolute Gasteiger partial charge is 0.454 e. The molecule has 7 heteroatoms. The van der Waals surface area contributed by atoms with Crippen LogP contribution in [-0.2, 0) is 16.0 Å². The monoisotopic (exact) mass is 399 g/mol. The van der Waals surface area contributed by atoms with E-state index in [-0.39, 0.29) is 16.8 Å². The third kappa shape index (κ3) is 2.24. The number of rotatable bonds is 1. The predicted octanol–water partition coefficient (Wildman–Crippen LogP) is 2.21. The standard InChI is InChI=1S/C22H19N3O4/c1-24-10-19(26)25-16(22(24)27)9-14-13-4-2-3-5-15(13)23-20(14)21(25)12-6-7-17-18(8-12)29-11-28-17/h2-8,16,21,23H,9-11H2,1H3/t16-,21?/m1/s1/i1D3,6D,7D,8D,9D2,11D2. The Morgan fingerprint density at radius 3 is 3.00 bits per heavy atom. The van der Waals surface area contributed by atoms with Gasteiger partial charge in [-0.2, -0.15) is 0 Å². The zero-order valence-electron chi connectivity index (χ0n) is 24.7. The second-order valence-corrected chi connectivity index (χ2v) is 6.87. The van der Waals surface area contributed by atoms with Gasteiger partial charge in [0.05, 0.1) is 16.7 Å². The van der Waals surface area contributed by atoms with E-state index >= 15 is 0 Å². The van der Waals surface area contributed by atoms with Crippen LogP contribution in [0.1, 0.15) is 36.6 Å². The lowest BCUT2D eigenvalue weighted by Crippen LogP contribution is -2.62. The summed E-state index contributed by atoms with van der Waals surface area (Å²) in [6, 6.07) is 1.15. The summed E-state index contributed by atoms with van der Waals surface area (Å²) in [6.07, 6.45) is -2.61. The van der Waals surface area contributed by atoms with Gasteiger partial charge in [-0.05, 0) is 29.3 Å². The molecule has 3 aliphatic rings. The van der Waals surface area contributed by atoms with Crippen LogP contribution in [0, 0.1) is 0 Å². The van der Waals surface area contributed by atoms with Crippen LogP contribution in [0.2, 0.25) is 0 Å². The molecule has 7 nitrogen and oxygen atoms in total. The highest BCUT2D eigenvalue weighted by Crippen LogP contribution is 2.44. The number of aromatic nitrogens is 1. The fourth-order valence-electron chi connectivity index (χ4n) is 3.99. The zero-order valence-corrected chi connectivity index (χ0v) is 14.7. The van der Waals surface area contributed by atoms with Gasteiger partial charge in [-0.25, -0.2) is 0 Å². The number of ether oxygens (including phenoxy) is 2. The Hall–Kier alpha value is -3.48. The average molecular weight is 399 g/mol. The van der Waals surface area contributed by atoms with Crippen molar-refractivity contribution in [3.8, 4) is 11.5 Å². The first kappa shape index (κ1) is 9.35. The molecule has 0 radical (unpaired) electrons. The number of nitrogens with zero attached hydrogens (tertiary/aromatic N) is 2. The lowest BCUT2D eigenvalue weighted by Gasteiger charge is -2.46. The molecule has 2 aromatic carbocycles. The smallest absolute Gasteiger partial charge is 0.245 e. The molecule has 2 amide bonds. The van der Waals surface area contributed by atoms with E-state index in [4.69, 9.17) is 23.2 Å². The van der Waals surface area contributed by atoms with Gasteiger partial charge in [0.25, 0.3) is 0 Å². The Balaban J connectivity index is 1.69. The number of H-pyrrole nitrogens is 1. The second kappa shape index (κ2) is 5.76. The number of hydrogen-bond acceptors (Lipinski definition) is 4. The van der Waals surface area contributed by atoms with Crippen LogP contribution in [0.4, 0.5) is 0 Å². The van der Waals surface area contributed by atoms with Crippen molar-refractivity contribution in [3.63, 3.8) is 0 Å². The van der Waals surface area contributed by atoms with Crippen molar-refractivity contribution in [2.75, 3.05) is 20.3 Å². The van der Waals surface area contributed by atoms with Gasteiger partial charge < -0.3 is 24.3 Å². The molecule has 1 fully saturated rings. The maximum atomic E-state index is 13.6. The van der Waals surface area contributed by atoms with Crippen LogP contribution in [0.5, 0.6) is 11.5 Å². The molecule has 1 N–H and O–H groups in total. The van der Waals surface area contributed by atoms with E-state index in [1.165, 1.54) is 0 Å². The van der Waals surface area contributed by atoms with Crippen molar-refractivity contribution in [2.24, 2.45) is 0 Å². The van der Waals surface area contributed by atoms with Crippen molar-refractivity contribution in [1.82, 2.24) is 14.8 Å². The molecule has 0 bridgehead atoms. The Morgan fingerprint density at radius 2 is 2.10 bits per heavy atom. The molecule has 29 heavy (non-hydrogen) atoms. The summed E-state index contributed by atoms with van der Waals surface area (Å²) in [5.41, 5.74) is 0.0577. The number of carbonyl (C=O) groups is 2. The van der Waals surface area contributed by atoms with Gasteiger partial charge >= 0.3 is 0 Å². The maximum absolute atomic E-state index is 13.6. The number of nitrogens with one attached hydrogen (secondary N) is 1. The Kier molecular flexibility index (Phi) is 1.86. The summed E-state index contributed by atoms with van der Waals surface area (Å²) >= 11 is 0. The first-order valence-electron chi connectivity index (χ1n) is 13.8. The van der Waals surface area contributed by atoms with Gasteiger partial charge in [0.2, 0.25) is 18.6 Å². The van der Waals surface area contributed by atoms with Gasteiger partial charge in [-0.3, -0.25) is 9.59 Å². The Bertz CT molecular complexity index is 1600. The predicted molar refractivity (Wildman–Crippen MR) is 105 cm³/mol. The van der Waals surface area contributed by atoms with Crippen LogP contribution < -0.4 is 9.47 Å². The fraction of sp³-hybridized carbons (Fsp3) is 0.273. The molecule has 0 aliphatic carbocycles. The first-order chi connectivity index (χ1) is 18.1. The summed E-state index contributed by atoms with van der Waals surface area (Å²) in [4.78, 5) is 31.4. The average Bonchev–Trinajstić information content (AvgIpc) is 3.38. The minimum atomic E-state index is -3.04. The van der Waals surface area contributed by atoms with Crippen molar-refractivity contribution < 1.29 is 32.8 Å². The molecule has 2 atom stereocenters. The number of para-hydroxylation sites is 1. The number of likely N-dealkylation sites (N-methyl/N-ethyl adjacent to an activating group) is 1. The number of piperazine rings is 1. The quantitative estimate of drug-likeness (QED) is 0.681. The summed E-state index contributed by atoms with van der Waals surface area (Å²) in [5, 5.41) is 0.342. The molecule has 0 saturated carbocycles. The molecule has 146 valence electrons. The molecule has 6 rings (SSSR count). The Morgan fingerprint density at radius 1 is 1.24 bits per heavy atom. The van der Waals surface area contributed by atoms with Gasteiger partial charge in [-0.15, -0.1) is 0 Å². The van der Waals surface area contributed by atoms with E-state index in [1.807, 2.05) is 0 Å². The number of benzene rings is 2.